The summed E-state index contributed by atoms with van der Waals surface area (Å²) in [5.74, 6) is 0. The molecule has 4 aromatic rings. The van der Waals surface area contributed by atoms with E-state index in [9.17, 15) is 0 Å². The summed E-state index contributed by atoms with van der Waals surface area (Å²) in [5.41, 5.74) is 14.8. The quantitative estimate of drug-likeness (QED) is 0.121. The number of benzene rings is 3. The molecular weight excluding hydrogens is 771 g/mol. The van der Waals surface area contributed by atoms with Crippen LogP contribution in [0.4, 0.5) is 0 Å². The van der Waals surface area contributed by atoms with Gasteiger partial charge in [0.05, 0.1) is 24.2 Å². The molecule has 0 aliphatic heterocycles. The van der Waals surface area contributed by atoms with Gasteiger partial charge in [-0.05, 0) is 57.1 Å². The molecule has 0 fully saturated rings. The fourth-order valence-electron chi connectivity index (χ4n) is 8.70. The number of aryl methyl sites for hydroxylation is 6. The first kappa shape index (κ1) is 49.5. The van der Waals surface area contributed by atoms with Crippen LogP contribution in [-0.4, -0.2) is 32.3 Å². The summed E-state index contributed by atoms with van der Waals surface area (Å²) in [6, 6.07) is 15.5. The predicted molar refractivity (Wildman–Crippen MR) is 222 cm³/mol. The van der Waals surface area contributed by atoms with Crippen LogP contribution in [0.15, 0.2) is 36.4 Å². The molecule has 0 bridgehead atoms. The Morgan fingerprint density at radius 3 is 0.880 bits per heavy atom. The van der Waals surface area contributed by atoms with Gasteiger partial charge in [0, 0.05) is 0 Å². The van der Waals surface area contributed by atoms with Gasteiger partial charge in [0.25, 0.3) is 0 Å². The number of halogens is 3. The van der Waals surface area contributed by atoms with E-state index < -0.39 is 32.3 Å². The van der Waals surface area contributed by atoms with Gasteiger partial charge in [-0.15, -0.1) is 0 Å². The SMILES string of the molecule is Cc1cc(C)c([Si](c2c(C)cc(C)cc2[Si](C)(C)C)(c2c(C)cc(C)cc2[Si](C)(C)C)c2c(C)c(C)c(C)[c-]2C)c([Si](C)(C)C)c1.[Cl-].[Cl-].[Cl-].[Ti+4]. The Labute approximate surface area is 345 Å². The van der Waals surface area contributed by atoms with Crippen molar-refractivity contribution in [1.82, 2.24) is 0 Å². The molecule has 50 heavy (non-hydrogen) atoms. The molecule has 0 saturated carbocycles. The Morgan fingerprint density at radius 1 is 0.420 bits per heavy atom. The van der Waals surface area contributed by atoms with Crippen LogP contribution in [-0.2, 0) is 21.7 Å². The second kappa shape index (κ2) is 16.9. The smallest absolute Gasteiger partial charge is 1.00 e. The molecule has 272 valence electrons. The van der Waals surface area contributed by atoms with E-state index in [-0.39, 0.29) is 58.9 Å². The van der Waals surface area contributed by atoms with E-state index in [0.29, 0.717) is 0 Å². The van der Waals surface area contributed by atoms with Crippen LogP contribution in [0, 0.1) is 69.2 Å². The Hall–Kier alpha value is -0.538. The molecule has 0 spiro atoms. The van der Waals surface area contributed by atoms with Gasteiger partial charge in [0.1, 0.15) is 0 Å². The van der Waals surface area contributed by atoms with Gasteiger partial charge in [-0.3, -0.25) is 0 Å². The van der Waals surface area contributed by atoms with Crippen LogP contribution in [0.2, 0.25) is 58.9 Å². The van der Waals surface area contributed by atoms with Crippen molar-refractivity contribution in [3.8, 4) is 0 Å². The Morgan fingerprint density at radius 2 is 0.680 bits per heavy atom. The molecule has 0 radical (unpaired) electrons. The molecule has 0 aromatic heterocycles. The molecule has 4 rings (SSSR count). The zero-order valence-electron chi connectivity index (χ0n) is 34.6. The second-order valence-corrected chi connectivity index (χ2v) is 36.5. The van der Waals surface area contributed by atoms with Crippen molar-refractivity contribution >= 4 is 68.6 Å². The van der Waals surface area contributed by atoms with E-state index in [0.717, 1.165) is 0 Å². The zero-order chi connectivity index (χ0) is 35.1. The summed E-state index contributed by atoms with van der Waals surface area (Å²) < 4.78 is 0. The Bertz CT molecular complexity index is 1660. The summed E-state index contributed by atoms with van der Waals surface area (Å²) in [5, 5.41) is 11.9. The van der Waals surface area contributed by atoms with Crippen molar-refractivity contribution in [1.29, 1.82) is 0 Å². The van der Waals surface area contributed by atoms with Gasteiger partial charge in [0.15, 0.2) is 8.07 Å². The van der Waals surface area contributed by atoms with Gasteiger partial charge in [-0.2, -0.15) is 27.4 Å². The fraction of sp³-hybridized carbons (Fsp3) is 0.452. The molecule has 0 atom stereocenters. The first-order valence-electron chi connectivity index (χ1n) is 17.5. The van der Waals surface area contributed by atoms with Gasteiger partial charge < -0.3 is 37.2 Å². The van der Waals surface area contributed by atoms with Crippen LogP contribution < -0.4 is 73.5 Å². The first-order chi connectivity index (χ1) is 20.9. The van der Waals surface area contributed by atoms with Crippen LogP contribution in [0.5, 0.6) is 0 Å². The van der Waals surface area contributed by atoms with E-state index in [2.05, 4.69) is 165 Å². The fourth-order valence-corrected chi connectivity index (χ4v) is 25.0. The number of hydrogen-bond acceptors (Lipinski definition) is 0. The average Bonchev–Trinajstić information content (AvgIpc) is 3.06. The maximum absolute atomic E-state index is 2.96. The van der Waals surface area contributed by atoms with Crippen molar-refractivity contribution in [2.75, 3.05) is 0 Å². The monoisotopic (exact) mass is 832 g/mol. The third-order valence-electron chi connectivity index (χ3n) is 10.8. The van der Waals surface area contributed by atoms with E-state index >= 15 is 0 Å². The van der Waals surface area contributed by atoms with Crippen LogP contribution >= 0.6 is 0 Å². The van der Waals surface area contributed by atoms with Crippen molar-refractivity contribution in [3.63, 3.8) is 0 Å². The third-order valence-corrected chi connectivity index (χ3v) is 23.3. The molecule has 0 aliphatic rings. The van der Waals surface area contributed by atoms with Crippen molar-refractivity contribution in [2.24, 2.45) is 0 Å². The first-order valence-corrected chi connectivity index (χ1v) is 30.0. The second-order valence-electron chi connectivity index (χ2n) is 17.9. The van der Waals surface area contributed by atoms with E-state index in [4.69, 9.17) is 0 Å². The molecule has 0 nitrogen and oxygen atoms in total. The standard InChI is InChI=1S/C42H63Si4.3ClH.Ti/c1-26-20-29(4)39(36(23-26)43(11,12)13)46(42-34(9)32(7)33(8)35(42)10,40-30(5)21-27(2)24-37(40)44(14,15)16)41-31(6)22-28(3)25-38(41)45(17,18)19;;;;/h20-25H,1-19H3;3*1H;/q-1;;;;+4/p-3. The van der Waals surface area contributed by atoms with Gasteiger partial charge in [-0.25, -0.2) is 0 Å². The molecular formula is C42H63Cl3Si4Ti. The van der Waals surface area contributed by atoms with E-state index in [1.165, 1.54) is 55.6 Å². The van der Waals surface area contributed by atoms with Crippen molar-refractivity contribution in [2.45, 2.75) is 128 Å². The Balaban J connectivity index is 0.00000600. The summed E-state index contributed by atoms with van der Waals surface area (Å²) in [6.45, 7) is 47.4. The summed E-state index contributed by atoms with van der Waals surface area (Å²) >= 11 is 0. The molecule has 0 aliphatic carbocycles. The molecule has 8 heteroatoms. The minimum absolute atomic E-state index is 0. The largest absolute Gasteiger partial charge is 4.00 e. The maximum Gasteiger partial charge on any atom is 4.00 e. The molecule has 0 N–H and O–H groups in total. The minimum Gasteiger partial charge on any atom is -1.00 e. The van der Waals surface area contributed by atoms with Crippen LogP contribution in [0.3, 0.4) is 0 Å². The molecule has 0 saturated heterocycles. The van der Waals surface area contributed by atoms with Crippen molar-refractivity contribution < 1.29 is 58.9 Å². The van der Waals surface area contributed by atoms with E-state index in [1.807, 2.05) is 0 Å². The maximum atomic E-state index is 2.62. The normalized spacial score (nSPS) is 12.1. The molecule has 4 aromatic carbocycles. The molecule has 0 unspecified atom stereocenters. The topological polar surface area (TPSA) is 0 Å². The van der Waals surface area contributed by atoms with Gasteiger partial charge in [-0.1, -0.05) is 172 Å². The van der Waals surface area contributed by atoms with Crippen LogP contribution in [0.1, 0.15) is 55.6 Å². The zero-order valence-corrected chi connectivity index (χ0v) is 42.4. The van der Waals surface area contributed by atoms with Crippen molar-refractivity contribution in [3.05, 3.63) is 92.0 Å². The molecule has 0 heterocycles. The Kier molecular flexibility index (Phi) is 16.7. The predicted octanol–water partition coefficient (Wildman–Crippen LogP) is -1.49. The van der Waals surface area contributed by atoms with Gasteiger partial charge >= 0.3 is 21.7 Å². The third kappa shape index (κ3) is 8.55. The number of rotatable bonds is 7. The summed E-state index contributed by atoms with van der Waals surface area (Å²) in [7, 11) is -8.41. The average molecular weight is 835 g/mol. The molecule has 0 amide bonds. The summed E-state index contributed by atoms with van der Waals surface area (Å²) in [4.78, 5) is 0. The number of hydrogen-bond donors (Lipinski definition) is 0. The van der Waals surface area contributed by atoms with Gasteiger partial charge in [0.2, 0.25) is 0 Å². The summed E-state index contributed by atoms with van der Waals surface area (Å²) in [6.07, 6.45) is 0. The minimum atomic E-state index is -2.96. The van der Waals surface area contributed by atoms with E-state index in [1.54, 1.807) is 36.3 Å². The van der Waals surface area contributed by atoms with Crippen LogP contribution in [0.25, 0.3) is 0 Å².